The van der Waals surface area contributed by atoms with Crippen LogP contribution in [-0.4, -0.2) is 11.7 Å². The van der Waals surface area contributed by atoms with Gasteiger partial charge < -0.3 is 4.74 Å². The molecule has 3 nitrogen and oxygen atoms in total. The van der Waals surface area contributed by atoms with Gasteiger partial charge in [0.2, 0.25) is 0 Å². The second kappa shape index (κ2) is 5.23. The predicted molar refractivity (Wildman–Crippen MR) is 71.4 cm³/mol. The largest absolute Gasteiger partial charge is 0.444 e. The Balaban J connectivity index is 2.84. The van der Waals surface area contributed by atoms with Gasteiger partial charge in [-0.2, -0.15) is 0 Å². The van der Waals surface area contributed by atoms with E-state index in [-0.39, 0.29) is 0 Å². The number of hydrogen-bond acceptors (Lipinski definition) is 2. The first-order chi connectivity index (χ1) is 7.81. The fourth-order valence-corrected chi connectivity index (χ4v) is 1.40. The van der Waals surface area contributed by atoms with Crippen molar-refractivity contribution in [2.24, 2.45) is 0 Å². The molecule has 0 bridgehead atoms. The number of rotatable bonds is 2. The van der Waals surface area contributed by atoms with Gasteiger partial charge in [0.05, 0.1) is 5.69 Å². The summed E-state index contributed by atoms with van der Waals surface area (Å²) in [5.41, 5.74) is 0.846. The molecule has 0 aromatic heterocycles. The Morgan fingerprint density at radius 3 is 2.65 bits per heavy atom. The smallest absolute Gasteiger partial charge is 0.412 e. The highest BCUT2D eigenvalue weighted by Crippen LogP contribution is 2.22. The van der Waals surface area contributed by atoms with E-state index in [9.17, 15) is 4.79 Å². The van der Waals surface area contributed by atoms with Crippen molar-refractivity contribution in [3.63, 3.8) is 0 Å². The minimum absolute atomic E-state index is 0.511. The average Bonchev–Trinajstić information content (AvgIpc) is 2.14. The molecule has 0 saturated carbocycles. The third kappa shape index (κ3) is 4.49. The summed E-state index contributed by atoms with van der Waals surface area (Å²) in [5, 5.41) is 3.19. The molecule has 17 heavy (non-hydrogen) atoms. The number of amides is 1. The Morgan fingerprint density at radius 1 is 1.47 bits per heavy atom. The highest BCUT2D eigenvalue weighted by molar-refractivity contribution is 6.31. The van der Waals surface area contributed by atoms with Crippen LogP contribution in [0.15, 0.2) is 24.8 Å². The van der Waals surface area contributed by atoms with Gasteiger partial charge in [0, 0.05) is 5.02 Å². The number of carbonyl (C=O) groups is 1. The van der Waals surface area contributed by atoms with Crippen molar-refractivity contribution in [1.82, 2.24) is 0 Å². The van der Waals surface area contributed by atoms with E-state index in [1.807, 2.05) is 0 Å². The second-order valence-corrected chi connectivity index (χ2v) is 5.00. The van der Waals surface area contributed by atoms with Crippen LogP contribution >= 0.6 is 11.6 Å². The average molecular weight is 254 g/mol. The minimum atomic E-state index is -0.531. The Hall–Kier alpha value is -1.48. The van der Waals surface area contributed by atoms with Gasteiger partial charge in [0.1, 0.15) is 5.60 Å². The quantitative estimate of drug-likeness (QED) is 0.852. The lowest BCUT2D eigenvalue weighted by atomic mass is 10.2. The predicted octanol–water partition coefficient (Wildman–Crippen LogP) is 4.33. The van der Waals surface area contributed by atoms with Crippen LogP contribution < -0.4 is 5.32 Å². The van der Waals surface area contributed by atoms with Gasteiger partial charge in [0.15, 0.2) is 0 Å². The number of halogens is 1. The summed E-state index contributed by atoms with van der Waals surface area (Å²) in [5.74, 6) is 0. The van der Waals surface area contributed by atoms with Crippen molar-refractivity contribution in [2.75, 3.05) is 5.32 Å². The van der Waals surface area contributed by atoms with E-state index >= 15 is 0 Å². The monoisotopic (exact) mass is 253 g/mol. The highest BCUT2D eigenvalue weighted by Gasteiger charge is 2.16. The molecule has 0 aliphatic carbocycles. The summed E-state index contributed by atoms with van der Waals surface area (Å²) >= 11 is 5.86. The topological polar surface area (TPSA) is 38.3 Å². The zero-order chi connectivity index (χ0) is 13.1. The first kappa shape index (κ1) is 13.6. The van der Waals surface area contributed by atoms with Gasteiger partial charge in [-0.3, -0.25) is 5.32 Å². The lowest BCUT2D eigenvalue weighted by Crippen LogP contribution is -2.27. The molecule has 0 atom stereocenters. The molecule has 0 radical (unpaired) electrons. The molecule has 0 spiro atoms. The van der Waals surface area contributed by atoms with Crippen LogP contribution in [0.3, 0.4) is 0 Å². The lowest BCUT2D eigenvalue weighted by Gasteiger charge is -2.20. The normalized spacial score (nSPS) is 10.8. The number of nitrogens with one attached hydrogen (secondary N) is 1. The Kier molecular flexibility index (Phi) is 4.18. The molecular formula is C13H16ClNO2. The molecule has 0 aliphatic rings. The number of ether oxygens (including phenoxy) is 1. The highest BCUT2D eigenvalue weighted by atomic mass is 35.5. The number of benzene rings is 1. The maximum Gasteiger partial charge on any atom is 0.412 e. The summed E-state index contributed by atoms with van der Waals surface area (Å²) in [7, 11) is 0. The first-order valence-electron chi connectivity index (χ1n) is 5.24. The maximum absolute atomic E-state index is 11.6. The summed E-state index contributed by atoms with van der Waals surface area (Å²) in [6, 6.07) is 5.17. The number of carbonyl (C=O) groups excluding carboxylic acids is 1. The van der Waals surface area contributed by atoms with Crippen molar-refractivity contribution >= 4 is 29.5 Å². The molecule has 0 saturated heterocycles. The SMILES string of the molecule is C=Cc1ccc(Cl)cc1NC(=O)OC(C)(C)C. The van der Waals surface area contributed by atoms with E-state index < -0.39 is 11.7 Å². The van der Waals surface area contributed by atoms with E-state index in [0.29, 0.717) is 10.7 Å². The van der Waals surface area contributed by atoms with Crippen molar-refractivity contribution in [1.29, 1.82) is 0 Å². The summed E-state index contributed by atoms with van der Waals surface area (Å²) in [6.45, 7) is 9.08. The van der Waals surface area contributed by atoms with E-state index in [1.54, 1.807) is 45.0 Å². The van der Waals surface area contributed by atoms with E-state index in [0.717, 1.165) is 5.56 Å². The van der Waals surface area contributed by atoms with Crippen LogP contribution in [0.4, 0.5) is 10.5 Å². The molecule has 92 valence electrons. The van der Waals surface area contributed by atoms with Crippen LogP contribution in [0, 0.1) is 0 Å². The van der Waals surface area contributed by atoms with Gasteiger partial charge >= 0.3 is 6.09 Å². The molecule has 0 fully saturated rings. The molecule has 1 rings (SSSR count). The molecule has 1 N–H and O–H groups in total. The second-order valence-electron chi connectivity index (χ2n) is 4.56. The van der Waals surface area contributed by atoms with Crippen molar-refractivity contribution in [3.8, 4) is 0 Å². The van der Waals surface area contributed by atoms with E-state index in [1.165, 1.54) is 0 Å². The van der Waals surface area contributed by atoms with Crippen LogP contribution in [0.1, 0.15) is 26.3 Å². The number of anilines is 1. The zero-order valence-corrected chi connectivity index (χ0v) is 11.0. The molecule has 1 aromatic carbocycles. The van der Waals surface area contributed by atoms with Gasteiger partial charge in [0.25, 0.3) is 0 Å². The molecule has 0 unspecified atom stereocenters. The van der Waals surface area contributed by atoms with E-state index in [2.05, 4.69) is 11.9 Å². The molecule has 4 heteroatoms. The maximum atomic E-state index is 11.6. The summed E-state index contributed by atoms with van der Waals surface area (Å²) in [6.07, 6.45) is 1.13. The van der Waals surface area contributed by atoms with Gasteiger partial charge in [-0.1, -0.05) is 30.3 Å². The summed E-state index contributed by atoms with van der Waals surface area (Å²) < 4.78 is 5.15. The Morgan fingerprint density at radius 2 is 2.12 bits per heavy atom. The first-order valence-corrected chi connectivity index (χ1v) is 5.61. The minimum Gasteiger partial charge on any atom is -0.444 e. The van der Waals surface area contributed by atoms with E-state index in [4.69, 9.17) is 16.3 Å². The third-order valence-electron chi connectivity index (χ3n) is 1.87. The van der Waals surface area contributed by atoms with Crippen LogP contribution in [0.5, 0.6) is 0 Å². The zero-order valence-electron chi connectivity index (χ0n) is 10.2. The lowest BCUT2D eigenvalue weighted by molar-refractivity contribution is 0.0636. The third-order valence-corrected chi connectivity index (χ3v) is 2.11. The van der Waals surface area contributed by atoms with Crippen LogP contribution in [0.2, 0.25) is 5.02 Å². The Bertz CT molecular complexity index is 436. The molecular weight excluding hydrogens is 238 g/mol. The fourth-order valence-electron chi connectivity index (χ4n) is 1.23. The Labute approximate surface area is 106 Å². The van der Waals surface area contributed by atoms with Crippen molar-refractivity contribution < 1.29 is 9.53 Å². The molecule has 0 aliphatic heterocycles. The van der Waals surface area contributed by atoms with Gasteiger partial charge in [-0.05, 0) is 38.5 Å². The van der Waals surface area contributed by atoms with Crippen LogP contribution in [-0.2, 0) is 4.74 Å². The van der Waals surface area contributed by atoms with Gasteiger partial charge in [-0.15, -0.1) is 0 Å². The molecule has 0 heterocycles. The van der Waals surface area contributed by atoms with Crippen LogP contribution in [0.25, 0.3) is 6.08 Å². The van der Waals surface area contributed by atoms with Gasteiger partial charge in [-0.25, -0.2) is 4.79 Å². The van der Waals surface area contributed by atoms with Crippen molar-refractivity contribution in [2.45, 2.75) is 26.4 Å². The fraction of sp³-hybridized carbons (Fsp3) is 0.308. The summed E-state index contributed by atoms with van der Waals surface area (Å²) in [4.78, 5) is 11.6. The number of hydrogen-bond donors (Lipinski definition) is 1. The standard InChI is InChI=1S/C13H16ClNO2/c1-5-9-6-7-10(14)8-11(9)15-12(16)17-13(2,3)4/h5-8H,1H2,2-4H3,(H,15,16). The molecule has 1 amide bonds. The molecule has 1 aromatic rings. The van der Waals surface area contributed by atoms with Crippen molar-refractivity contribution in [3.05, 3.63) is 35.4 Å².